The molecule has 2 N–H and O–H groups in total. The number of aromatic nitrogens is 2. The van der Waals surface area contributed by atoms with Crippen molar-refractivity contribution in [2.24, 2.45) is 5.14 Å². The minimum atomic E-state index is -3.69. The van der Waals surface area contributed by atoms with Crippen LogP contribution in [0.2, 0.25) is 0 Å². The Balaban J connectivity index is 2.04. The quantitative estimate of drug-likeness (QED) is 0.792. The van der Waals surface area contributed by atoms with E-state index in [0.717, 1.165) is 22.8 Å². The number of imidazole rings is 1. The summed E-state index contributed by atoms with van der Waals surface area (Å²) in [5.41, 5.74) is 4.08. The number of rotatable bonds is 4. The van der Waals surface area contributed by atoms with Crippen LogP contribution in [-0.2, 0) is 16.6 Å². The highest BCUT2D eigenvalue weighted by atomic mass is 32.2. The molecule has 0 aliphatic heterocycles. The Hall–Kier alpha value is -2.44. The van der Waals surface area contributed by atoms with Crippen LogP contribution in [0.1, 0.15) is 17.0 Å². The van der Waals surface area contributed by atoms with Crippen LogP contribution in [0.15, 0.2) is 59.5 Å². The van der Waals surface area contributed by atoms with Gasteiger partial charge in [-0.05, 0) is 43.7 Å². The average molecular weight is 341 g/mol. The summed E-state index contributed by atoms with van der Waals surface area (Å²) in [5.74, 6) is 0.815. The molecule has 3 aromatic rings. The number of nitrogens with two attached hydrogens (primary N) is 1. The Morgan fingerprint density at radius 1 is 1.00 bits per heavy atom. The molecule has 124 valence electrons. The van der Waals surface area contributed by atoms with Crippen LogP contribution in [0.5, 0.6) is 0 Å². The Kier molecular flexibility index (Phi) is 4.26. The van der Waals surface area contributed by atoms with Gasteiger partial charge in [-0.1, -0.05) is 30.3 Å². The first kappa shape index (κ1) is 16.4. The summed E-state index contributed by atoms with van der Waals surface area (Å²) in [6, 6.07) is 16.6. The Labute approximate surface area is 141 Å². The molecule has 0 fully saturated rings. The number of hydrogen-bond acceptors (Lipinski definition) is 3. The predicted octanol–water partition coefficient (Wildman–Crippen LogP) is 2.86. The Morgan fingerprint density at radius 3 is 2.21 bits per heavy atom. The monoisotopic (exact) mass is 341 g/mol. The topological polar surface area (TPSA) is 78.0 Å². The van der Waals surface area contributed by atoms with Crippen molar-refractivity contribution in [1.82, 2.24) is 9.55 Å². The van der Waals surface area contributed by atoms with E-state index in [4.69, 9.17) is 5.14 Å². The maximum absolute atomic E-state index is 11.4. The van der Waals surface area contributed by atoms with E-state index >= 15 is 0 Å². The molecule has 0 bridgehead atoms. The molecule has 0 saturated carbocycles. The van der Waals surface area contributed by atoms with Crippen molar-refractivity contribution < 1.29 is 8.42 Å². The summed E-state index contributed by atoms with van der Waals surface area (Å²) in [4.78, 5) is 4.75. The molecule has 0 unspecified atom stereocenters. The van der Waals surface area contributed by atoms with Crippen molar-refractivity contribution in [3.8, 4) is 11.4 Å². The van der Waals surface area contributed by atoms with Crippen molar-refractivity contribution in [1.29, 1.82) is 0 Å². The molecule has 3 rings (SSSR count). The molecule has 1 aromatic heterocycles. The van der Waals surface area contributed by atoms with E-state index < -0.39 is 10.0 Å². The van der Waals surface area contributed by atoms with Gasteiger partial charge in [0.25, 0.3) is 0 Å². The third-order valence-corrected chi connectivity index (χ3v) is 5.01. The summed E-state index contributed by atoms with van der Waals surface area (Å²) in [6.45, 7) is 4.71. The standard InChI is InChI=1S/C18H19N3O2S/c1-13-14(2)21(12-15-6-4-3-5-7-15)18(20-13)16-8-10-17(11-9-16)24(19,22)23/h3-11H,12H2,1-2H3,(H2,19,22,23). The van der Waals surface area contributed by atoms with E-state index in [2.05, 4.69) is 21.7 Å². The van der Waals surface area contributed by atoms with Gasteiger partial charge in [-0.25, -0.2) is 18.5 Å². The van der Waals surface area contributed by atoms with E-state index in [1.165, 1.54) is 17.7 Å². The average Bonchev–Trinajstić information content (AvgIpc) is 2.84. The fraction of sp³-hybridized carbons (Fsp3) is 0.167. The number of sulfonamides is 1. The largest absolute Gasteiger partial charge is 0.324 e. The first-order valence-electron chi connectivity index (χ1n) is 7.57. The number of benzene rings is 2. The third kappa shape index (κ3) is 3.25. The molecule has 24 heavy (non-hydrogen) atoms. The highest BCUT2D eigenvalue weighted by Crippen LogP contribution is 2.24. The van der Waals surface area contributed by atoms with Crippen LogP contribution in [0.25, 0.3) is 11.4 Å². The summed E-state index contributed by atoms with van der Waals surface area (Å²) >= 11 is 0. The van der Waals surface area contributed by atoms with Gasteiger partial charge in [0.1, 0.15) is 5.82 Å². The van der Waals surface area contributed by atoms with Crippen molar-refractivity contribution >= 4 is 10.0 Å². The molecule has 2 aromatic carbocycles. The lowest BCUT2D eigenvalue weighted by molar-refractivity contribution is 0.598. The maximum Gasteiger partial charge on any atom is 0.238 e. The lowest BCUT2D eigenvalue weighted by atomic mass is 10.2. The molecular weight excluding hydrogens is 322 g/mol. The smallest absolute Gasteiger partial charge is 0.238 e. The lowest BCUT2D eigenvalue weighted by Crippen LogP contribution is -2.11. The number of aryl methyl sites for hydroxylation is 1. The van der Waals surface area contributed by atoms with Gasteiger partial charge < -0.3 is 4.57 Å². The fourth-order valence-corrected chi connectivity index (χ4v) is 3.14. The van der Waals surface area contributed by atoms with E-state index in [-0.39, 0.29) is 4.90 Å². The maximum atomic E-state index is 11.4. The van der Waals surface area contributed by atoms with Gasteiger partial charge in [-0.3, -0.25) is 0 Å². The van der Waals surface area contributed by atoms with Crippen LogP contribution >= 0.6 is 0 Å². The van der Waals surface area contributed by atoms with Gasteiger partial charge in [0.05, 0.1) is 10.6 Å². The van der Waals surface area contributed by atoms with Crippen molar-refractivity contribution in [3.63, 3.8) is 0 Å². The molecule has 0 radical (unpaired) electrons. The Morgan fingerprint density at radius 2 is 1.62 bits per heavy atom. The first-order chi connectivity index (χ1) is 11.4. The molecule has 0 amide bonds. The predicted molar refractivity (Wildman–Crippen MR) is 94.1 cm³/mol. The van der Waals surface area contributed by atoms with Gasteiger partial charge in [0.15, 0.2) is 0 Å². The minimum Gasteiger partial charge on any atom is -0.324 e. The lowest BCUT2D eigenvalue weighted by Gasteiger charge is -2.11. The van der Waals surface area contributed by atoms with Crippen molar-refractivity contribution in [2.75, 3.05) is 0 Å². The van der Waals surface area contributed by atoms with Crippen molar-refractivity contribution in [2.45, 2.75) is 25.3 Å². The highest BCUT2D eigenvalue weighted by molar-refractivity contribution is 7.89. The normalized spacial score (nSPS) is 11.6. The summed E-state index contributed by atoms with van der Waals surface area (Å²) in [6.07, 6.45) is 0. The second-order valence-corrected chi connectivity index (χ2v) is 7.31. The molecule has 0 spiro atoms. The SMILES string of the molecule is Cc1nc(-c2ccc(S(N)(=O)=O)cc2)n(Cc2ccccc2)c1C. The number of nitrogens with zero attached hydrogens (tertiary/aromatic N) is 2. The molecular formula is C18H19N3O2S. The van der Waals surface area contributed by atoms with Crippen LogP contribution in [0.4, 0.5) is 0 Å². The van der Waals surface area contributed by atoms with E-state index in [9.17, 15) is 8.42 Å². The summed E-state index contributed by atoms with van der Waals surface area (Å²) in [5, 5.41) is 5.16. The van der Waals surface area contributed by atoms with E-state index in [1.54, 1.807) is 12.1 Å². The zero-order valence-corrected chi connectivity index (χ0v) is 14.4. The zero-order valence-electron chi connectivity index (χ0n) is 13.6. The Bertz CT molecular complexity index is 960. The van der Waals surface area contributed by atoms with Crippen molar-refractivity contribution in [3.05, 3.63) is 71.5 Å². The van der Waals surface area contributed by atoms with Gasteiger partial charge in [-0.15, -0.1) is 0 Å². The van der Waals surface area contributed by atoms with Crippen LogP contribution < -0.4 is 5.14 Å². The first-order valence-corrected chi connectivity index (χ1v) is 9.12. The van der Waals surface area contributed by atoms with Crippen LogP contribution in [0, 0.1) is 13.8 Å². The van der Waals surface area contributed by atoms with Gasteiger partial charge in [-0.2, -0.15) is 0 Å². The zero-order chi connectivity index (χ0) is 17.3. The second kappa shape index (κ2) is 6.22. The third-order valence-electron chi connectivity index (χ3n) is 4.08. The summed E-state index contributed by atoms with van der Waals surface area (Å²) < 4.78 is 24.9. The second-order valence-electron chi connectivity index (χ2n) is 5.75. The fourth-order valence-electron chi connectivity index (χ4n) is 2.63. The molecule has 1 heterocycles. The van der Waals surface area contributed by atoms with Crippen LogP contribution in [-0.4, -0.2) is 18.0 Å². The number of hydrogen-bond donors (Lipinski definition) is 1. The highest BCUT2D eigenvalue weighted by Gasteiger charge is 2.14. The molecule has 0 aliphatic rings. The summed E-state index contributed by atoms with van der Waals surface area (Å²) in [7, 11) is -3.69. The molecule has 0 saturated heterocycles. The van der Waals surface area contributed by atoms with E-state index in [0.29, 0.717) is 6.54 Å². The molecule has 0 aliphatic carbocycles. The minimum absolute atomic E-state index is 0.0980. The van der Waals surface area contributed by atoms with Gasteiger partial charge in [0.2, 0.25) is 10.0 Å². The molecule has 5 nitrogen and oxygen atoms in total. The van der Waals surface area contributed by atoms with Gasteiger partial charge in [0, 0.05) is 17.8 Å². The molecule has 6 heteroatoms. The molecule has 0 atom stereocenters. The van der Waals surface area contributed by atoms with Gasteiger partial charge >= 0.3 is 0 Å². The number of primary sulfonamides is 1. The van der Waals surface area contributed by atoms with E-state index in [1.807, 2.05) is 32.0 Å². The van der Waals surface area contributed by atoms with Crippen LogP contribution in [0.3, 0.4) is 0 Å².